The predicted molar refractivity (Wildman–Crippen MR) is 135 cm³/mol. The molecule has 0 radical (unpaired) electrons. The quantitative estimate of drug-likeness (QED) is 0.165. The number of hydrogen-bond donors (Lipinski definition) is 2. The van der Waals surface area contributed by atoms with Gasteiger partial charge in [-0.25, -0.2) is 0 Å². The smallest absolute Gasteiger partial charge is 0.195 e. The highest BCUT2D eigenvalue weighted by Crippen LogP contribution is 2.32. The van der Waals surface area contributed by atoms with Gasteiger partial charge in [-0.2, -0.15) is 0 Å². The topological polar surface area (TPSA) is 73.3 Å². The van der Waals surface area contributed by atoms with Gasteiger partial charge in [0.05, 0.1) is 13.2 Å². The molecule has 1 heterocycles. The third-order valence-corrected chi connectivity index (χ3v) is 5.10. The van der Waals surface area contributed by atoms with E-state index in [9.17, 15) is 0 Å². The van der Waals surface area contributed by atoms with Crippen LogP contribution in [-0.4, -0.2) is 59.2 Å². The van der Waals surface area contributed by atoms with Crippen LogP contribution in [0.1, 0.15) is 44.9 Å². The average Bonchev–Trinajstić information content (AvgIpc) is 3.59. The number of ether oxygens (including phenoxy) is 4. The van der Waals surface area contributed by atoms with Gasteiger partial charge in [0.15, 0.2) is 17.5 Å². The maximum absolute atomic E-state index is 5.80. The third kappa shape index (κ3) is 10.7. The van der Waals surface area contributed by atoms with E-state index in [1.54, 1.807) is 7.11 Å². The van der Waals surface area contributed by atoms with Gasteiger partial charge in [-0.3, -0.25) is 4.99 Å². The molecule has 1 aromatic carbocycles. The standard InChI is InChI=1S/C23H37N3O4.HI/c1-27-13-4-2-3-11-24-23(25-12-5-14-28-18-19-7-8-19)26-20-9-10-21-22(17-20)30-16-6-15-29-21;/h9-10,17,19H,2-8,11-16,18H2,1H3,(H2,24,25,26);1H. The molecule has 3 rings (SSSR count). The van der Waals surface area contributed by atoms with Crippen molar-refractivity contribution in [2.75, 3.05) is 58.6 Å². The van der Waals surface area contributed by atoms with E-state index >= 15 is 0 Å². The molecule has 0 unspecified atom stereocenters. The lowest BCUT2D eigenvalue weighted by Crippen LogP contribution is -2.32. The van der Waals surface area contributed by atoms with Crippen molar-refractivity contribution < 1.29 is 18.9 Å². The Kier molecular flexibility index (Phi) is 13.0. The monoisotopic (exact) mass is 547 g/mol. The van der Waals surface area contributed by atoms with Crippen LogP contribution in [0.2, 0.25) is 0 Å². The van der Waals surface area contributed by atoms with E-state index in [2.05, 4.69) is 10.6 Å². The molecule has 7 nitrogen and oxygen atoms in total. The molecule has 1 fully saturated rings. The number of unbranched alkanes of at least 4 members (excludes halogenated alkanes) is 2. The van der Waals surface area contributed by atoms with Gasteiger partial charge in [-0.15, -0.1) is 24.0 Å². The molecule has 31 heavy (non-hydrogen) atoms. The Balaban J connectivity index is 0.00000341. The second-order valence-corrected chi connectivity index (χ2v) is 7.92. The normalized spacial score (nSPS) is 15.7. The van der Waals surface area contributed by atoms with Gasteiger partial charge in [-0.1, -0.05) is 0 Å². The summed E-state index contributed by atoms with van der Waals surface area (Å²) in [5, 5.41) is 6.85. The van der Waals surface area contributed by atoms with Crippen molar-refractivity contribution in [3.8, 4) is 11.5 Å². The van der Waals surface area contributed by atoms with Crippen molar-refractivity contribution in [1.29, 1.82) is 0 Å². The molecule has 0 saturated heterocycles. The lowest BCUT2D eigenvalue weighted by molar-refractivity contribution is 0.123. The Bertz CT molecular complexity index is 656. The van der Waals surface area contributed by atoms with Gasteiger partial charge >= 0.3 is 0 Å². The number of aliphatic imine (C=N–C) groups is 1. The van der Waals surface area contributed by atoms with Crippen LogP contribution in [0, 0.1) is 5.92 Å². The fourth-order valence-electron chi connectivity index (χ4n) is 3.16. The minimum atomic E-state index is 0. The lowest BCUT2D eigenvalue weighted by Gasteiger charge is -2.15. The zero-order valence-corrected chi connectivity index (χ0v) is 21.0. The first-order valence-electron chi connectivity index (χ1n) is 11.4. The van der Waals surface area contributed by atoms with Gasteiger partial charge in [0.25, 0.3) is 0 Å². The minimum Gasteiger partial charge on any atom is -0.490 e. The van der Waals surface area contributed by atoms with Gasteiger partial charge in [0.1, 0.15) is 0 Å². The van der Waals surface area contributed by atoms with Crippen molar-refractivity contribution in [1.82, 2.24) is 5.32 Å². The first kappa shape index (κ1) is 26.0. The average molecular weight is 547 g/mol. The Labute approximate surface area is 203 Å². The molecular formula is C23H38IN3O4. The molecule has 176 valence electrons. The summed E-state index contributed by atoms with van der Waals surface area (Å²) >= 11 is 0. The number of hydrogen-bond acceptors (Lipinski definition) is 5. The SMILES string of the molecule is COCCCCCNC(=NCCCOCC1CC1)Nc1ccc2c(c1)OCCCO2.I. The molecule has 1 aromatic rings. The number of nitrogens with zero attached hydrogens (tertiary/aromatic N) is 1. The summed E-state index contributed by atoms with van der Waals surface area (Å²) in [6, 6.07) is 5.94. The second-order valence-electron chi connectivity index (χ2n) is 7.92. The van der Waals surface area contributed by atoms with Gasteiger partial charge in [-0.05, 0) is 56.6 Å². The van der Waals surface area contributed by atoms with E-state index in [4.69, 9.17) is 23.9 Å². The van der Waals surface area contributed by atoms with Crippen LogP contribution in [0.25, 0.3) is 0 Å². The molecule has 0 spiro atoms. The number of halogens is 1. The summed E-state index contributed by atoms with van der Waals surface area (Å²) in [6.07, 6.45) is 7.78. The lowest BCUT2D eigenvalue weighted by atomic mass is 10.2. The number of benzene rings is 1. The van der Waals surface area contributed by atoms with Gasteiger partial charge < -0.3 is 29.6 Å². The van der Waals surface area contributed by atoms with Crippen LogP contribution in [0.15, 0.2) is 23.2 Å². The van der Waals surface area contributed by atoms with E-state index in [1.807, 2.05) is 18.2 Å². The molecule has 0 amide bonds. The molecule has 0 bridgehead atoms. The van der Waals surface area contributed by atoms with Crippen molar-refractivity contribution in [3.63, 3.8) is 0 Å². The number of nitrogens with one attached hydrogen (secondary N) is 2. The van der Waals surface area contributed by atoms with E-state index in [0.717, 1.165) is 94.1 Å². The zero-order valence-electron chi connectivity index (χ0n) is 18.7. The van der Waals surface area contributed by atoms with Crippen molar-refractivity contribution in [2.45, 2.75) is 44.9 Å². The summed E-state index contributed by atoms with van der Waals surface area (Å²) in [5.74, 6) is 3.18. The highest BCUT2D eigenvalue weighted by Gasteiger charge is 2.20. The number of anilines is 1. The first-order chi connectivity index (χ1) is 14.8. The third-order valence-electron chi connectivity index (χ3n) is 5.10. The molecule has 0 atom stereocenters. The van der Waals surface area contributed by atoms with Crippen LogP contribution in [0.3, 0.4) is 0 Å². The van der Waals surface area contributed by atoms with Crippen LogP contribution >= 0.6 is 24.0 Å². The summed E-state index contributed by atoms with van der Waals surface area (Å²) in [6.45, 7) is 5.47. The van der Waals surface area contributed by atoms with Crippen LogP contribution < -0.4 is 20.1 Å². The number of methoxy groups -OCH3 is 1. The number of fused-ring (bicyclic) bond motifs is 1. The maximum atomic E-state index is 5.80. The van der Waals surface area contributed by atoms with Crippen LogP contribution in [-0.2, 0) is 9.47 Å². The molecule has 1 saturated carbocycles. The molecule has 0 aromatic heterocycles. The molecule has 2 N–H and O–H groups in total. The Morgan fingerprint density at radius 3 is 2.71 bits per heavy atom. The number of rotatable bonds is 13. The molecular weight excluding hydrogens is 509 g/mol. The van der Waals surface area contributed by atoms with Crippen LogP contribution in [0.5, 0.6) is 11.5 Å². The summed E-state index contributed by atoms with van der Waals surface area (Å²) in [4.78, 5) is 4.73. The maximum Gasteiger partial charge on any atom is 0.195 e. The molecule has 2 aliphatic rings. The zero-order chi connectivity index (χ0) is 20.9. The van der Waals surface area contributed by atoms with Crippen molar-refractivity contribution in [3.05, 3.63) is 18.2 Å². The highest BCUT2D eigenvalue weighted by atomic mass is 127. The fourth-order valence-corrected chi connectivity index (χ4v) is 3.16. The van der Waals surface area contributed by atoms with Gasteiger partial charge in [0.2, 0.25) is 0 Å². The molecule has 8 heteroatoms. The second kappa shape index (κ2) is 15.5. The Morgan fingerprint density at radius 2 is 1.90 bits per heavy atom. The largest absolute Gasteiger partial charge is 0.490 e. The number of guanidine groups is 1. The van der Waals surface area contributed by atoms with Crippen molar-refractivity contribution in [2.24, 2.45) is 10.9 Å². The molecule has 1 aliphatic carbocycles. The summed E-state index contributed by atoms with van der Waals surface area (Å²) < 4.78 is 22.4. The fraction of sp³-hybridized carbons (Fsp3) is 0.696. The van der Waals surface area contributed by atoms with E-state index in [0.29, 0.717) is 13.2 Å². The summed E-state index contributed by atoms with van der Waals surface area (Å²) in [5.41, 5.74) is 0.940. The first-order valence-corrected chi connectivity index (χ1v) is 11.4. The van der Waals surface area contributed by atoms with E-state index in [-0.39, 0.29) is 24.0 Å². The molecule has 1 aliphatic heterocycles. The van der Waals surface area contributed by atoms with E-state index in [1.165, 1.54) is 12.8 Å². The predicted octanol–water partition coefficient (Wildman–Crippen LogP) is 4.46. The van der Waals surface area contributed by atoms with Crippen molar-refractivity contribution >= 4 is 35.6 Å². The minimum absolute atomic E-state index is 0. The highest BCUT2D eigenvalue weighted by molar-refractivity contribution is 14.0. The Morgan fingerprint density at radius 1 is 1.06 bits per heavy atom. The summed E-state index contributed by atoms with van der Waals surface area (Å²) in [7, 11) is 1.75. The van der Waals surface area contributed by atoms with Gasteiger partial charge in [0, 0.05) is 58.2 Å². The van der Waals surface area contributed by atoms with Crippen LogP contribution in [0.4, 0.5) is 5.69 Å². The Hall–Kier alpha value is -1.26. The van der Waals surface area contributed by atoms with E-state index < -0.39 is 0 Å².